The molecule has 1 aromatic carbocycles. The van der Waals surface area contributed by atoms with Gasteiger partial charge in [-0.15, -0.1) is 0 Å². The van der Waals surface area contributed by atoms with E-state index in [-0.39, 0.29) is 0 Å². The van der Waals surface area contributed by atoms with Crippen molar-refractivity contribution in [2.24, 2.45) is 0 Å². The average Bonchev–Trinajstić information content (AvgIpc) is 2.51. The predicted octanol–water partition coefficient (Wildman–Crippen LogP) is 4.25. The van der Waals surface area contributed by atoms with Crippen molar-refractivity contribution in [1.29, 1.82) is 0 Å². The Morgan fingerprint density at radius 2 is 2.07 bits per heavy atom. The molecule has 14 heavy (non-hydrogen) atoms. The standard InChI is InChI=1S/C9H4Cl2INO/c10-5-1-2-6(7(11)3-5)8-4-14-9(12)13-8/h1-4H. The van der Waals surface area contributed by atoms with Gasteiger partial charge in [-0.25, -0.2) is 4.98 Å². The quantitative estimate of drug-likeness (QED) is 0.726. The van der Waals surface area contributed by atoms with Crippen LogP contribution in [0.5, 0.6) is 0 Å². The van der Waals surface area contributed by atoms with Gasteiger partial charge in [0.1, 0.15) is 12.0 Å². The molecule has 2 aromatic rings. The molecule has 0 unspecified atom stereocenters. The third-order valence-corrected chi connectivity index (χ3v) is 2.73. The molecule has 0 spiro atoms. The second kappa shape index (κ2) is 4.08. The van der Waals surface area contributed by atoms with E-state index in [4.69, 9.17) is 27.6 Å². The van der Waals surface area contributed by atoms with Crippen LogP contribution in [-0.4, -0.2) is 4.98 Å². The zero-order chi connectivity index (χ0) is 10.1. The minimum Gasteiger partial charge on any atom is -0.440 e. The number of hydrogen-bond acceptors (Lipinski definition) is 2. The van der Waals surface area contributed by atoms with E-state index in [1.165, 1.54) is 0 Å². The molecule has 1 heterocycles. The van der Waals surface area contributed by atoms with E-state index in [1.54, 1.807) is 18.4 Å². The van der Waals surface area contributed by atoms with Gasteiger partial charge in [0.2, 0.25) is 0 Å². The van der Waals surface area contributed by atoms with E-state index in [1.807, 2.05) is 28.7 Å². The van der Waals surface area contributed by atoms with Crippen molar-refractivity contribution in [2.45, 2.75) is 0 Å². The van der Waals surface area contributed by atoms with Crippen molar-refractivity contribution >= 4 is 45.8 Å². The van der Waals surface area contributed by atoms with Crippen LogP contribution in [0.2, 0.25) is 10.0 Å². The summed E-state index contributed by atoms with van der Waals surface area (Å²) in [6, 6.07) is 5.27. The Morgan fingerprint density at radius 1 is 1.29 bits per heavy atom. The minimum absolute atomic E-state index is 0.571. The van der Waals surface area contributed by atoms with Crippen molar-refractivity contribution in [3.8, 4) is 11.3 Å². The van der Waals surface area contributed by atoms with Gasteiger partial charge in [0.25, 0.3) is 3.90 Å². The van der Waals surface area contributed by atoms with Gasteiger partial charge < -0.3 is 4.42 Å². The molecule has 0 saturated carbocycles. The van der Waals surface area contributed by atoms with Gasteiger partial charge in [0.15, 0.2) is 0 Å². The van der Waals surface area contributed by atoms with Crippen LogP contribution in [0.1, 0.15) is 0 Å². The highest BCUT2D eigenvalue weighted by Crippen LogP contribution is 2.29. The molecule has 72 valence electrons. The van der Waals surface area contributed by atoms with Crippen LogP contribution in [0.15, 0.2) is 28.9 Å². The summed E-state index contributed by atoms with van der Waals surface area (Å²) in [6.07, 6.45) is 1.57. The maximum atomic E-state index is 6.00. The lowest BCUT2D eigenvalue weighted by Gasteiger charge is -1.99. The molecule has 0 fully saturated rings. The summed E-state index contributed by atoms with van der Waals surface area (Å²) in [5.74, 6) is 0. The molecular weight excluding hydrogens is 336 g/mol. The molecule has 0 amide bonds. The molecule has 0 aliphatic heterocycles. The van der Waals surface area contributed by atoms with Crippen LogP contribution in [-0.2, 0) is 0 Å². The van der Waals surface area contributed by atoms with Gasteiger partial charge in [0, 0.05) is 33.2 Å². The molecule has 0 aliphatic carbocycles. The molecule has 2 nitrogen and oxygen atoms in total. The SMILES string of the molecule is Clc1ccc(-c2coc(I)n2)c(Cl)c1. The van der Waals surface area contributed by atoms with Gasteiger partial charge in [0.05, 0.1) is 5.02 Å². The van der Waals surface area contributed by atoms with Gasteiger partial charge >= 0.3 is 0 Å². The summed E-state index contributed by atoms with van der Waals surface area (Å²) in [7, 11) is 0. The molecule has 2 rings (SSSR count). The Morgan fingerprint density at radius 3 is 2.64 bits per heavy atom. The van der Waals surface area contributed by atoms with E-state index in [0.29, 0.717) is 13.9 Å². The lowest BCUT2D eigenvalue weighted by Crippen LogP contribution is -1.79. The highest BCUT2D eigenvalue weighted by Gasteiger charge is 2.08. The fourth-order valence-electron chi connectivity index (χ4n) is 1.07. The maximum absolute atomic E-state index is 6.00. The van der Waals surface area contributed by atoms with E-state index in [0.717, 1.165) is 11.3 Å². The summed E-state index contributed by atoms with van der Waals surface area (Å²) in [6.45, 7) is 0. The third-order valence-electron chi connectivity index (χ3n) is 1.68. The first-order valence-electron chi connectivity index (χ1n) is 3.73. The van der Waals surface area contributed by atoms with Gasteiger partial charge in [-0.2, -0.15) is 0 Å². The third kappa shape index (κ3) is 2.04. The first-order valence-corrected chi connectivity index (χ1v) is 5.57. The second-order valence-electron chi connectivity index (χ2n) is 2.61. The Kier molecular flexibility index (Phi) is 2.99. The molecule has 0 N–H and O–H groups in total. The largest absolute Gasteiger partial charge is 0.440 e. The molecular formula is C9H4Cl2INO. The van der Waals surface area contributed by atoms with Gasteiger partial charge in [-0.3, -0.25) is 0 Å². The van der Waals surface area contributed by atoms with Crippen molar-refractivity contribution in [3.63, 3.8) is 0 Å². The predicted molar refractivity (Wildman–Crippen MR) is 64.7 cm³/mol. The van der Waals surface area contributed by atoms with E-state index in [9.17, 15) is 0 Å². The first kappa shape index (κ1) is 10.3. The lowest BCUT2D eigenvalue weighted by atomic mass is 10.2. The molecule has 5 heteroatoms. The highest BCUT2D eigenvalue weighted by molar-refractivity contribution is 14.1. The zero-order valence-electron chi connectivity index (χ0n) is 6.80. The van der Waals surface area contributed by atoms with Crippen molar-refractivity contribution in [1.82, 2.24) is 4.98 Å². The molecule has 0 radical (unpaired) electrons. The Balaban J connectivity index is 2.52. The number of hydrogen-bond donors (Lipinski definition) is 0. The molecule has 0 atom stereocenters. The topological polar surface area (TPSA) is 26.0 Å². The second-order valence-corrected chi connectivity index (χ2v) is 4.38. The van der Waals surface area contributed by atoms with Crippen molar-refractivity contribution in [2.75, 3.05) is 0 Å². The number of oxazole rings is 1. The van der Waals surface area contributed by atoms with Crippen molar-refractivity contribution in [3.05, 3.63) is 38.4 Å². The number of aromatic nitrogens is 1. The lowest BCUT2D eigenvalue weighted by molar-refractivity contribution is 0.525. The van der Waals surface area contributed by atoms with Gasteiger partial charge in [-0.05, 0) is 18.2 Å². The number of benzene rings is 1. The van der Waals surface area contributed by atoms with Crippen LogP contribution in [0.4, 0.5) is 0 Å². The fraction of sp³-hybridized carbons (Fsp3) is 0. The monoisotopic (exact) mass is 339 g/mol. The molecule has 1 aromatic heterocycles. The molecule has 0 bridgehead atoms. The smallest absolute Gasteiger partial charge is 0.257 e. The molecule has 0 aliphatic rings. The van der Waals surface area contributed by atoms with Crippen molar-refractivity contribution < 1.29 is 4.42 Å². The van der Waals surface area contributed by atoms with Gasteiger partial charge in [-0.1, -0.05) is 23.2 Å². The van der Waals surface area contributed by atoms with Crippen LogP contribution in [0.25, 0.3) is 11.3 Å². The zero-order valence-corrected chi connectivity index (χ0v) is 10.5. The summed E-state index contributed by atoms with van der Waals surface area (Å²) in [5, 5.41) is 1.18. The fourth-order valence-corrected chi connectivity index (χ4v) is 1.97. The van der Waals surface area contributed by atoms with Crippen LogP contribution < -0.4 is 0 Å². The Hall–Kier alpha value is -0.260. The number of rotatable bonds is 1. The average molecular weight is 340 g/mol. The van der Waals surface area contributed by atoms with E-state index < -0.39 is 0 Å². The summed E-state index contributed by atoms with van der Waals surface area (Å²) in [5.41, 5.74) is 1.54. The van der Waals surface area contributed by atoms with Crippen LogP contribution in [0, 0.1) is 3.90 Å². The number of halogens is 3. The maximum Gasteiger partial charge on any atom is 0.257 e. The Bertz CT molecular complexity index is 470. The normalized spacial score (nSPS) is 10.5. The van der Waals surface area contributed by atoms with E-state index >= 15 is 0 Å². The highest BCUT2D eigenvalue weighted by atomic mass is 127. The summed E-state index contributed by atoms with van der Waals surface area (Å²) < 4.78 is 5.67. The summed E-state index contributed by atoms with van der Waals surface area (Å²) >= 11 is 13.8. The Labute approximate surface area is 104 Å². The first-order chi connectivity index (χ1) is 6.66. The van der Waals surface area contributed by atoms with Crippen LogP contribution in [0.3, 0.4) is 0 Å². The molecule has 0 saturated heterocycles. The van der Waals surface area contributed by atoms with Crippen LogP contribution >= 0.6 is 45.8 Å². The summed E-state index contributed by atoms with van der Waals surface area (Å²) in [4.78, 5) is 4.16. The minimum atomic E-state index is 0.571. The number of nitrogens with zero attached hydrogens (tertiary/aromatic N) is 1. The van der Waals surface area contributed by atoms with E-state index in [2.05, 4.69) is 4.98 Å².